The molecule has 0 unspecified atom stereocenters. The molecule has 1 aliphatic rings. The van der Waals surface area contributed by atoms with E-state index in [4.69, 9.17) is 5.73 Å². The highest BCUT2D eigenvalue weighted by Crippen LogP contribution is 2.07. The molecule has 1 fully saturated rings. The number of carbonyl (C=O) groups is 1. The zero-order valence-electron chi connectivity index (χ0n) is 8.12. The lowest BCUT2D eigenvalue weighted by atomic mass is 10.1. The molecule has 1 saturated heterocycles. The molecule has 0 aromatic heterocycles. The molecule has 0 bridgehead atoms. The van der Waals surface area contributed by atoms with Gasteiger partial charge in [0, 0.05) is 0 Å². The highest BCUT2D eigenvalue weighted by Gasteiger charge is 2.12. The predicted octanol–water partition coefficient (Wildman–Crippen LogP) is 0.376. The molecule has 4 nitrogen and oxygen atoms in total. The number of nitrogens with zero attached hydrogens (tertiary/aromatic N) is 2. The Balaban J connectivity index is 2.30. The Morgan fingerprint density at radius 3 is 2.54 bits per heavy atom. The molecule has 1 aliphatic heterocycles. The van der Waals surface area contributed by atoms with Crippen LogP contribution in [0.15, 0.2) is 4.99 Å². The molecule has 0 saturated carbocycles. The minimum atomic E-state index is -0.123. The van der Waals surface area contributed by atoms with Gasteiger partial charge in [0.05, 0.1) is 12.4 Å². The van der Waals surface area contributed by atoms with E-state index in [2.05, 4.69) is 9.89 Å². The summed E-state index contributed by atoms with van der Waals surface area (Å²) in [6.45, 7) is 4.10. The quantitative estimate of drug-likeness (QED) is 0.497. The molecule has 2 N–H and O–H groups in total. The maximum absolute atomic E-state index is 11.2. The fourth-order valence-corrected chi connectivity index (χ4v) is 1.54. The van der Waals surface area contributed by atoms with Crippen LogP contribution in [0.25, 0.3) is 0 Å². The lowest BCUT2D eigenvalue weighted by Crippen LogP contribution is -2.34. The van der Waals surface area contributed by atoms with E-state index >= 15 is 0 Å². The summed E-state index contributed by atoms with van der Waals surface area (Å²) in [6.07, 6.45) is 3.67. The van der Waals surface area contributed by atoms with E-state index < -0.39 is 0 Å². The van der Waals surface area contributed by atoms with Gasteiger partial charge in [-0.2, -0.15) is 4.99 Å². The van der Waals surface area contributed by atoms with Gasteiger partial charge >= 0.3 is 0 Å². The van der Waals surface area contributed by atoms with Gasteiger partial charge in [-0.15, -0.1) is 0 Å². The second-order valence-corrected chi connectivity index (χ2v) is 3.48. The number of nitrogens with two attached hydrogens (primary N) is 1. The third-order valence-electron chi connectivity index (χ3n) is 2.11. The van der Waals surface area contributed by atoms with E-state index in [-0.39, 0.29) is 5.91 Å². The van der Waals surface area contributed by atoms with Crippen molar-refractivity contribution in [3.63, 3.8) is 0 Å². The Morgan fingerprint density at radius 2 is 2.00 bits per heavy atom. The highest BCUT2D eigenvalue weighted by molar-refractivity contribution is 5.93. The van der Waals surface area contributed by atoms with Crippen molar-refractivity contribution in [2.45, 2.75) is 26.2 Å². The SMILES string of the molecule is CC(N)=NC(=O)CN1CCCCC1. The molecule has 74 valence electrons. The van der Waals surface area contributed by atoms with Gasteiger partial charge < -0.3 is 5.73 Å². The Labute approximate surface area is 78.8 Å². The van der Waals surface area contributed by atoms with Crippen LogP contribution >= 0.6 is 0 Å². The number of amidine groups is 1. The van der Waals surface area contributed by atoms with Gasteiger partial charge in [-0.3, -0.25) is 9.69 Å². The minimum Gasteiger partial charge on any atom is -0.387 e. The first-order valence-electron chi connectivity index (χ1n) is 4.74. The number of aliphatic imine (C=N–C) groups is 1. The maximum Gasteiger partial charge on any atom is 0.261 e. The van der Waals surface area contributed by atoms with Crippen molar-refractivity contribution in [2.75, 3.05) is 19.6 Å². The summed E-state index contributed by atoms with van der Waals surface area (Å²) in [5.74, 6) is 0.226. The molecule has 4 heteroatoms. The highest BCUT2D eigenvalue weighted by atomic mass is 16.1. The van der Waals surface area contributed by atoms with Crippen LogP contribution in [0.5, 0.6) is 0 Å². The van der Waals surface area contributed by atoms with Crippen molar-refractivity contribution in [1.82, 2.24) is 4.90 Å². The second-order valence-electron chi connectivity index (χ2n) is 3.48. The zero-order chi connectivity index (χ0) is 9.68. The van der Waals surface area contributed by atoms with Crippen molar-refractivity contribution in [3.05, 3.63) is 0 Å². The van der Waals surface area contributed by atoms with Crippen LogP contribution in [0.1, 0.15) is 26.2 Å². The maximum atomic E-state index is 11.2. The van der Waals surface area contributed by atoms with Crippen LogP contribution in [-0.4, -0.2) is 36.3 Å². The standard InChI is InChI=1S/C9H17N3O/c1-8(10)11-9(13)7-12-5-3-2-4-6-12/h2-7H2,1H3,(H2,10,11,13). The van der Waals surface area contributed by atoms with Crippen molar-refractivity contribution < 1.29 is 4.79 Å². The molecule has 0 aromatic rings. The number of hydrogen-bond acceptors (Lipinski definition) is 2. The first kappa shape index (κ1) is 10.2. The monoisotopic (exact) mass is 183 g/mol. The van der Waals surface area contributed by atoms with Crippen LogP contribution in [-0.2, 0) is 4.79 Å². The van der Waals surface area contributed by atoms with E-state index in [9.17, 15) is 4.79 Å². The number of hydrogen-bond donors (Lipinski definition) is 1. The molecule has 0 spiro atoms. The van der Waals surface area contributed by atoms with Gasteiger partial charge in [0.1, 0.15) is 0 Å². The Bertz CT molecular complexity index is 203. The van der Waals surface area contributed by atoms with Gasteiger partial charge in [0.15, 0.2) is 0 Å². The van der Waals surface area contributed by atoms with Crippen LogP contribution in [0.3, 0.4) is 0 Å². The largest absolute Gasteiger partial charge is 0.387 e. The van der Waals surface area contributed by atoms with Gasteiger partial charge in [-0.1, -0.05) is 6.42 Å². The molecular formula is C9H17N3O. The summed E-state index contributed by atoms with van der Waals surface area (Å²) >= 11 is 0. The molecule has 13 heavy (non-hydrogen) atoms. The third kappa shape index (κ3) is 4.03. The molecular weight excluding hydrogens is 166 g/mol. The summed E-state index contributed by atoms with van der Waals surface area (Å²) < 4.78 is 0. The smallest absolute Gasteiger partial charge is 0.261 e. The van der Waals surface area contributed by atoms with Crippen molar-refractivity contribution in [2.24, 2.45) is 10.7 Å². The number of likely N-dealkylation sites (tertiary alicyclic amines) is 1. The molecule has 1 rings (SSSR count). The molecule has 1 heterocycles. The Kier molecular flexibility index (Phi) is 3.89. The van der Waals surface area contributed by atoms with Gasteiger partial charge in [-0.05, 0) is 32.9 Å². The second kappa shape index (κ2) is 4.97. The van der Waals surface area contributed by atoms with Crippen molar-refractivity contribution >= 4 is 11.7 Å². The van der Waals surface area contributed by atoms with Gasteiger partial charge in [-0.25, -0.2) is 0 Å². The van der Waals surface area contributed by atoms with E-state index in [0.29, 0.717) is 12.4 Å². The first-order valence-corrected chi connectivity index (χ1v) is 4.74. The number of rotatable bonds is 2. The van der Waals surface area contributed by atoms with Crippen molar-refractivity contribution in [3.8, 4) is 0 Å². The molecule has 0 atom stereocenters. The van der Waals surface area contributed by atoms with E-state index in [1.807, 2.05) is 0 Å². The van der Waals surface area contributed by atoms with Crippen LogP contribution in [0.2, 0.25) is 0 Å². The lowest BCUT2D eigenvalue weighted by molar-refractivity contribution is -0.119. The average molecular weight is 183 g/mol. The lowest BCUT2D eigenvalue weighted by Gasteiger charge is -2.24. The van der Waals surface area contributed by atoms with Gasteiger partial charge in [0.2, 0.25) is 0 Å². The normalized spacial score (nSPS) is 20.2. The third-order valence-corrected chi connectivity index (χ3v) is 2.11. The number of amides is 1. The van der Waals surface area contributed by atoms with E-state index in [0.717, 1.165) is 13.1 Å². The summed E-state index contributed by atoms with van der Waals surface area (Å²) in [5, 5.41) is 0. The van der Waals surface area contributed by atoms with Crippen LogP contribution in [0, 0.1) is 0 Å². The topological polar surface area (TPSA) is 58.7 Å². The molecule has 0 radical (unpaired) electrons. The van der Waals surface area contributed by atoms with Crippen molar-refractivity contribution in [1.29, 1.82) is 0 Å². The number of piperidine rings is 1. The molecule has 1 amide bonds. The number of carbonyl (C=O) groups excluding carboxylic acids is 1. The van der Waals surface area contributed by atoms with Gasteiger partial charge in [0.25, 0.3) is 5.91 Å². The average Bonchev–Trinajstić information content (AvgIpc) is 2.04. The fourth-order valence-electron chi connectivity index (χ4n) is 1.54. The summed E-state index contributed by atoms with van der Waals surface area (Å²) in [4.78, 5) is 17.0. The Hall–Kier alpha value is -0.900. The Morgan fingerprint density at radius 1 is 1.38 bits per heavy atom. The zero-order valence-corrected chi connectivity index (χ0v) is 8.12. The molecule has 0 aromatic carbocycles. The summed E-state index contributed by atoms with van der Waals surface area (Å²) in [7, 11) is 0. The summed E-state index contributed by atoms with van der Waals surface area (Å²) in [5.41, 5.74) is 5.31. The summed E-state index contributed by atoms with van der Waals surface area (Å²) in [6, 6.07) is 0. The first-order chi connectivity index (χ1) is 6.18. The predicted molar refractivity (Wildman–Crippen MR) is 52.6 cm³/mol. The van der Waals surface area contributed by atoms with E-state index in [1.165, 1.54) is 19.3 Å². The van der Waals surface area contributed by atoms with Crippen LogP contribution in [0.4, 0.5) is 0 Å². The minimum absolute atomic E-state index is 0.123. The fraction of sp³-hybridized carbons (Fsp3) is 0.778. The van der Waals surface area contributed by atoms with E-state index in [1.54, 1.807) is 6.92 Å². The van der Waals surface area contributed by atoms with Crippen LogP contribution < -0.4 is 5.73 Å². The molecule has 0 aliphatic carbocycles.